The lowest BCUT2D eigenvalue weighted by Crippen LogP contribution is -2.38. The van der Waals surface area contributed by atoms with Crippen LogP contribution in [0.3, 0.4) is 0 Å². The van der Waals surface area contributed by atoms with E-state index in [2.05, 4.69) is 51.8 Å². The van der Waals surface area contributed by atoms with Gasteiger partial charge in [-0.15, -0.1) is 24.0 Å². The van der Waals surface area contributed by atoms with Gasteiger partial charge < -0.3 is 15.4 Å². The third-order valence-corrected chi connectivity index (χ3v) is 3.82. The Morgan fingerprint density at radius 3 is 2.38 bits per heavy atom. The first kappa shape index (κ1) is 22.7. The fourth-order valence-electron chi connectivity index (χ4n) is 2.30. The molecule has 1 heterocycles. The van der Waals surface area contributed by atoms with Crippen LogP contribution in [-0.4, -0.2) is 31.1 Å². The Bertz CT molecular complexity index is 662. The highest BCUT2D eigenvalue weighted by Crippen LogP contribution is 2.07. The number of methoxy groups -OCH3 is 1. The summed E-state index contributed by atoms with van der Waals surface area (Å²) in [5.74, 6) is 0.811. The number of ether oxygens (including phenoxy) is 1. The van der Waals surface area contributed by atoms with Crippen molar-refractivity contribution in [3.63, 3.8) is 0 Å². The Labute approximate surface area is 177 Å². The van der Waals surface area contributed by atoms with Crippen LogP contribution in [0.4, 0.5) is 0 Å². The van der Waals surface area contributed by atoms with Crippen molar-refractivity contribution in [2.24, 2.45) is 4.99 Å². The number of aromatic nitrogens is 1. The van der Waals surface area contributed by atoms with Crippen molar-refractivity contribution in [3.8, 4) is 0 Å². The highest BCUT2D eigenvalue weighted by Gasteiger charge is 2.00. The molecule has 0 aliphatic rings. The molecule has 1 aromatic heterocycles. The van der Waals surface area contributed by atoms with Crippen molar-refractivity contribution < 1.29 is 4.74 Å². The van der Waals surface area contributed by atoms with Crippen LogP contribution in [0, 0.1) is 0 Å². The molecular formula is C19H26ClIN4O. The smallest absolute Gasteiger partial charge is 0.191 e. The van der Waals surface area contributed by atoms with E-state index in [0.717, 1.165) is 36.6 Å². The summed E-state index contributed by atoms with van der Waals surface area (Å²) in [7, 11) is 1.70. The van der Waals surface area contributed by atoms with Crippen LogP contribution in [0.25, 0.3) is 0 Å². The minimum atomic E-state index is 0. The lowest BCUT2D eigenvalue weighted by Gasteiger charge is -2.11. The molecule has 0 atom stereocenters. The predicted molar refractivity (Wildman–Crippen MR) is 118 cm³/mol. The molecule has 2 N–H and O–H groups in total. The van der Waals surface area contributed by atoms with Crippen molar-refractivity contribution in [2.75, 3.05) is 20.2 Å². The molecule has 7 heteroatoms. The second-order valence-electron chi connectivity index (χ2n) is 5.61. The molecule has 0 fully saturated rings. The summed E-state index contributed by atoms with van der Waals surface area (Å²) in [6, 6.07) is 12.1. The fourth-order valence-corrected chi connectivity index (χ4v) is 2.41. The molecule has 0 aliphatic heterocycles. The molecule has 0 bridgehead atoms. The monoisotopic (exact) mass is 488 g/mol. The highest BCUT2D eigenvalue weighted by molar-refractivity contribution is 14.0. The summed E-state index contributed by atoms with van der Waals surface area (Å²) in [5, 5.41) is 7.12. The van der Waals surface area contributed by atoms with Crippen LogP contribution in [0.1, 0.15) is 23.6 Å². The summed E-state index contributed by atoms with van der Waals surface area (Å²) in [4.78, 5) is 8.72. The van der Waals surface area contributed by atoms with Gasteiger partial charge in [0.25, 0.3) is 0 Å². The molecule has 2 rings (SSSR count). The number of benzene rings is 1. The number of hydrogen-bond acceptors (Lipinski definition) is 3. The maximum atomic E-state index is 5.80. The number of halogens is 2. The maximum Gasteiger partial charge on any atom is 0.191 e. The van der Waals surface area contributed by atoms with Gasteiger partial charge in [0.15, 0.2) is 5.96 Å². The Morgan fingerprint density at radius 2 is 1.77 bits per heavy atom. The topological polar surface area (TPSA) is 58.5 Å². The van der Waals surface area contributed by atoms with E-state index in [1.54, 1.807) is 13.3 Å². The van der Waals surface area contributed by atoms with Gasteiger partial charge in [-0.1, -0.05) is 41.9 Å². The number of nitrogens with zero attached hydrogens (tertiary/aromatic N) is 2. The van der Waals surface area contributed by atoms with E-state index in [0.29, 0.717) is 18.3 Å². The van der Waals surface area contributed by atoms with Crippen molar-refractivity contribution in [3.05, 3.63) is 64.4 Å². The normalized spacial score (nSPS) is 11.0. The Balaban J connectivity index is 0.00000338. The Hall–Kier alpha value is -1.38. The zero-order chi connectivity index (χ0) is 17.9. The maximum absolute atomic E-state index is 5.80. The third kappa shape index (κ3) is 8.33. The Kier molecular flexibility index (Phi) is 11.2. The highest BCUT2D eigenvalue weighted by atomic mass is 127. The summed E-state index contributed by atoms with van der Waals surface area (Å²) in [6.07, 6.45) is 2.66. The predicted octanol–water partition coefficient (Wildman–Crippen LogP) is 3.80. The minimum Gasteiger partial charge on any atom is -0.380 e. The van der Waals surface area contributed by atoms with Crippen LogP contribution in [0.5, 0.6) is 0 Å². The van der Waals surface area contributed by atoms with E-state index in [9.17, 15) is 0 Å². The summed E-state index contributed by atoms with van der Waals surface area (Å²) < 4.78 is 5.13. The van der Waals surface area contributed by atoms with Gasteiger partial charge in [0.1, 0.15) is 5.15 Å². The number of aliphatic imine (C=N–C) groups is 1. The quantitative estimate of drug-likeness (QED) is 0.257. The molecule has 0 saturated heterocycles. The number of pyridine rings is 1. The van der Waals surface area contributed by atoms with Gasteiger partial charge >= 0.3 is 0 Å². The first-order valence-corrected chi connectivity index (χ1v) is 8.78. The van der Waals surface area contributed by atoms with E-state index >= 15 is 0 Å². The molecule has 0 aliphatic carbocycles. The fraction of sp³-hybridized carbons (Fsp3) is 0.368. The van der Waals surface area contributed by atoms with Crippen molar-refractivity contribution in [1.82, 2.24) is 15.6 Å². The lowest BCUT2D eigenvalue weighted by molar-refractivity contribution is 0.185. The second-order valence-corrected chi connectivity index (χ2v) is 6.00. The number of rotatable bonds is 8. The minimum absolute atomic E-state index is 0. The standard InChI is InChI=1S/C19H25ClN4O.HI/c1-3-21-19(22-11-10-16-8-9-18(20)23-12-16)24-13-15-4-6-17(7-5-15)14-25-2;/h4-9,12H,3,10-11,13-14H2,1-2H3,(H2,21,22,24);1H. The molecule has 0 amide bonds. The van der Waals surface area contributed by atoms with Gasteiger partial charge in [-0.05, 0) is 36.1 Å². The molecule has 0 radical (unpaired) electrons. The van der Waals surface area contributed by atoms with Gasteiger partial charge in [-0.25, -0.2) is 9.98 Å². The van der Waals surface area contributed by atoms with Gasteiger partial charge in [0, 0.05) is 26.4 Å². The van der Waals surface area contributed by atoms with E-state index in [1.807, 2.05) is 12.1 Å². The zero-order valence-electron chi connectivity index (χ0n) is 15.2. The molecule has 2 aromatic rings. The van der Waals surface area contributed by atoms with Gasteiger partial charge in [-0.2, -0.15) is 0 Å². The molecule has 0 saturated carbocycles. The first-order chi connectivity index (χ1) is 12.2. The third-order valence-electron chi connectivity index (χ3n) is 3.59. The molecule has 142 valence electrons. The largest absolute Gasteiger partial charge is 0.380 e. The Morgan fingerprint density at radius 1 is 1.08 bits per heavy atom. The average molecular weight is 489 g/mol. The van der Waals surface area contributed by atoms with Crippen molar-refractivity contribution in [1.29, 1.82) is 0 Å². The number of hydrogen-bond donors (Lipinski definition) is 2. The molecular weight excluding hydrogens is 463 g/mol. The summed E-state index contributed by atoms with van der Waals surface area (Å²) in [5.41, 5.74) is 3.47. The summed E-state index contributed by atoms with van der Waals surface area (Å²) >= 11 is 5.80. The second kappa shape index (κ2) is 12.9. The SMILES string of the molecule is CCNC(=NCc1ccc(COC)cc1)NCCc1ccc(Cl)nc1.I. The van der Waals surface area contributed by atoms with E-state index in [4.69, 9.17) is 16.3 Å². The van der Waals surface area contributed by atoms with Crippen LogP contribution < -0.4 is 10.6 Å². The van der Waals surface area contributed by atoms with Crippen molar-refractivity contribution >= 4 is 41.5 Å². The molecule has 5 nitrogen and oxygen atoms in total. The summed E-state index contributed by atoms with van der Waals surface area (Å²) in [6.45, 7) is 4.92. The van der Waals surface area contributed by atoms with E-state index in [-0.39, 0.29) is 24.0 Å². The zero-order valence-corrected chi connectivity index (χ0v) is 18.3. The number of guanidine groups is 1. The van der Waals surface area contributed by atoms with Gasteiger partial charge in [0.05, 0.1) is 13.2 Å². The molecule has 1 aromatic carbocycles. The van der Waals surface area contributed by atoms with E-state index < -0.39 is 0 Å². The molecule has 0 spiro atoms. The molecule has 26 heavy (non-hydrogen) atoms. The van der Waals surface area contributed by atoms with Gasteiger partial charge in [-0.3, -0.25) is 0 Å². The van der Waals surface area contributed by atoms with Crippen molar-refractivity contribution in [2.45, 2.75) is 26.5 Å². The van der Waals surface area contributed by atoms with Gasteiger partial charge in [0.2, 0.25) is 0 Å². The lowest BCUT2D eigenvalue weighted by atomic mass is 10.1. The van der Waals surface area contributed by atoms with Crippen LogP contribution in [0.15, 0.2) is 47.6 Å². The van der Waals surface area contributed by atoms with Crippen LogP contribution >= 0.6 is 35.6 Å². The van der Waals surface area contributed by atoms with Crippen LogP contribution in [-0.2, 0) is 24.3 Å². The number of nitrogens with one attached hydrogen (secondary N) is 2. The van der Waals surface area contributed by atoms with E-state index in [1.165, 1.54) is 5.56 Å². The van der Waals surface area contributed by atoms with Crippen LogP contribution in [0.2, 0.25) is 5.15 Å². The first-order valence-electron chi connectivity index (χ1n) is 8.40. The molecule has 0 unspecified atom stereocenters. The average Bonchev–Trinajstić information content (AvgIpc) is 2.63.